The van der Waals surface area contributed by atoms with Crippen LogP contribution in [0, 0.1) is 0 Å². The van der Waals surface area contributed by atoms with Gasteiger partial charge in [-0.3, -0.25) is 4.79 Å². The molecule has 28 heavy (non-hydrogen) atoms. The van der Waals surface area contributed by atoms with Gasteiger partial charge in [-0.15, -0.1) is 0 Å². The summed E-state index contributed by atoms with van der Waals surface area (Å²) in [5.41, 5.74) is 6.21. The molecule has 0 radical (unpaired) electrons. The van der Waals surface area contributed by atoms with Crippen LogP contribution in [0.2, 0.25) is 0 Å². The van der Waals surface area contributed by atoms with Crippen molar-refractivity contribution in [1.82, 2.24) is 5.32 Å². The van der Waals surface area contributed by atoms with E-state index in [2.05, 4.69) is 59.9 Å². The number of amides is 1. The van der Waals surface area contributed by atoms with E-state index in [0.717, 1.165) is 30.4 Å². The van der Waals surface area contributed by atoms with Crippen LogP contribution in [0.1, 0.15) is 47.6 Å². The minimum atomic E-state index is -0.123. The quantitative estimate of drug-likeness (QED) is 0.595. The lowest BCUT2D eigenvalue weighted by Gasteiger charge is -2.21. The summed E-state index contributed by atoms with van der Waals surface area (Å²) in [7, 11) is 0. The number of allylic oxidation sites excluding steroid dienone is 2. The zero-order valence-electron chi connectivity index (χ0n) is 16.0. The number of nitrogens with one attached hydrogen (secondary N) is 1. The van der Waals surface area contributed by atoms with Crippen LogP contribution in [-0.4, -0.2) is 5.91 Å². The van der Waals surface area contributed by atoms with Crippen molar-refractivity contribution < 1.29 is 4.79 Å². The average molecular weight is 367 g/mol. The summed E-state index contributed by atoms with van der Waals surface area (Å²) in [5.74, 6) is 0.0849. The topological polar surface area (TPSA) is 29.1 Å². The first-order chi connectivity index (χ1) is 13.8. The molecule has 0 bridgehead atoms. The van der Waals surface area contributed by atoms with Crippen molar-refractivity contribution in [3.05, 3.63) is 113 Å². The summed E-state index contributed by atoms with van der Waals surface area (Å²) in [5, 5.41) is 3.25. The van der Waals surface area contributed by atoms with E-state index < -0.39 is 0 Å². The molecule has 0 fully saturated rings. The Bertz CT molecular complexity index is 920. The molecule has 1 aliphatic rings. The summed E-state index contributed by atoms with van der Waals surface area (Å²) in [4.78, 5) is 12.8. The molecular formula is C26H25NO. The predicted molar refractivity (Wildman–Crippen MR) is 115 cm³/mol. The van der Waals surface area contributed by atoms with Crippen molar-refractivity contribution in [3.63, 3.8) is 0 Å². The fraction of sp³-hybridized carbons (Fsp3) is 0.192. The van der Waals surface area contributed by atoms with Gasteiger partial charge < -0.3 is 5.32 Å². The first-order valence-corrected chi connectivity index (χ1v) is 9.98. The van der Waals surface area contributed by atoms with E-state index in [0.29, 0.717) is 6.42 Å². The van der Waals surface area contributed by atoms with Gasteiger partial charge in [-0.05, 0) is 47.1 Å². The lowest BCUT2D eigenvalue weighted by molar-refractivity contribution is -0.121. The molecule has 2 heteroatoms. The van der Waals surface area contributed by atoms with E-state index in [1.807, 2.05) is 36.4 Å². The van der Waals surface area contributed by atoms with Crippen LogP contribution >= 0.6 is 0 Å². The Morgan fingerprint density at radius 3 is 2.11 bits per heavy atom. The highest BCUT2D eigenvalue weighted by Crippen LogP contribution is 2.29. The average Bonchev–Trinajstić information content (AvgIpc) is 2.77. The van der Waals surface area contributed by atoms with Gasteiger partial charge in [0.05, 0.1) is 6.04 Å². The van der Waals surface area contributed by atoms with Crippen LogP contribution in [0.15, 0.2) is 91.0 Å². The number of carbonyl (C=O) groups excluding carboxylic acids is 1. The first kappa shape index (κ1) is 18.2. The Morgan fingerprint density at radius 2 is 1.43 bits per heavy atom. The van der Waals surface area contributed by atoms with Gasteiger partial charge in [0.25, 0.3) is 0 Å². The second kappa shape index (κ2) is 8.71. The van der Waals surface area contributed by atoms with Crippen molar-refractivity contribution in [3.8, 4) is 0 Å². The molecule has 0 spiro atoms. The Labute approximate surface area is 166 Å². The maximum atomic E-state index is 12.8. The first-order valence-electron chi connectivity index (χ1n) is 9.98. The Kier molecular flexibility index (Phi) is 5.67. The molecule has 2 nitrogen and oxygen atoms in total. The van der Waals surface area contributed by atoms with Gasteiger partial charge in [0.1, 0.15) is 0 Å². The fourth-order valence-corrected chi connectivity index (χ4v) is 3.93. The number of benzene rings is 3. The zero-order chi connectivity index (χ0) is 19.2. The van der Waals surface area contributed by atoms with Crippen molar-refractivity contribution in [2.24, 2.45) is 0 Å². The smallest absolute Gasteiger partial charge is 0.221 e. The molecule has 0 unspecified atom stereocenters. The van der Waals surface area contributed by atoms with E-state index in [4.69, 9.17) is 0 Å². The van der Waals surface area contributed by atoms with Crippen molar-refractivity contribution in [2.75, 3.05) is 0 Å². The minimum Gasteiger partial charge on any atom is -0.345 e. The fourth-order valence-electron chi connectivity index (χ4n) is 3.93. The van der Waals surface area contributed by atoms with E-state index in [1.54, 1.807) is 0 Å². The lowest BCUT2D eigenvalue weighted by atomic mass is 9.88. The second-order valence-electron chi connectivity index (χ2n) is 7.25. The summed E-state index contributed by atoms with van der Waals surface area (Å²) in [6.07, 6.45) is 5.72. The van der Waals surface area contributed by atoms with Crippen LogP contribution in [0.3, 0.4) is 0 Å². The highest BCUT2D eigenvalue weighted by Gasteiger charge is 2.18. The van der Waals surface area contributed by atoms with E-state index in [1.165, 1.54) is 16.7 Å². The Morgan fingerprint density at radius 1 is 0.821 bits per heavy atom. The monoisotopic (exact) mass is 367 g/mol. The van der Waals surface area contributed by atoms with Crippen LogP contribution < -0.4 is 5.32 Å². The molecule has 1 amide bonds. The summed E-state index contributed by atoms with van der Waals surface area (Å²) >= 11 is 0. The summed E-state index contributed by atoms with van der Waals surface area (Å²) in [6, 6.07) is 28.8. The van der Waals surface area contributed by atoms with Crippen LogP contribution in [-0.2, 0) is 11.2 Å². The molecule has 1 aliphatic carbocycles. The van der Waals surface area contributed by atoms with Crippen LogP contribution in [0.5, 0.6) is 0 Å². The van der Waals surface area contributed by atoms with E-state index >= 15 is 0 Å². The Balaban J connectivity index is 1.46. The number of hydrogen-bond donors (Lipinski definition) is 1. The molecule has 0 aromatic heterocycles. The standard InChI is InChI=1S/C26H25NO/c28-25(19-18-21-16-9-15-20-10-7-8-17-24(20)21)27-26(22-11-3-1-4-12-22)23-13-5-2-6-14-23/h1-8,10-14,16-17,26H,9,15,18-19H2,(H,27,28). The van der Waals surface area contributed by atoms with Gasteiger partial charge in [0.15, 0.2) is 0 Å². The third kappa shape index (κ3) is 4.23. The van der Waals surface area contributed by atoms with Crippen molar-refractivity contribution >= 4 is 11.5 Å². The van der Waals surface area contributed by atoms with Gasteiger partial charge in [-0.1, -0.05) is 91.0 Å². The summed E-state index contributed by atoms with van der Waals surface area (Å²) < 4.78 is 0. The van der Waals surface area contributed by atoms with E-state index in [9.17, 15) is 4.79 Å². The molecule has 0 saturated heterocycles. The van der Waals surface area contributed by atoms with Crippen molar-refractivity contribution in [2.45, 2.75) is 31.7 Å². The molecule has 0 atom stereocenters. The second-order valence-corrected chi connectivity index (χ2v) is 7.25. The van der Waals surface area contributed by atoms with Gasteiger partial charge >= 0.3 is 0 Å². The largest absolute Gasteiger partial charge is 0.345 e. The summed E-state index contributed by atoms with van der Waals surface area (Å²) in [6.45, 7) is 0. The maximum absolute atomic E-state index is 12.8. The van der Waals surface area contributed by atoms with Crippen molar-refractivity contribution in [1.29, 1.82) is 0 Å². The minimum absolute atomic E-state index is 0.0849. The van der Waals surface area contributed by atoms with E-state index in [-0.39, 0.29) is 11.9 Å². The third-order valence-electron chi connectivity index (χ3n) is 5.36. The highest BCUT2D eigenvalue weighted by molar-refractivity contribution is 5.80. The number of rotatable bonds is 6. The molecule has 3 aromatic rings. The lowest BCUT2D eigenvalue weighted by Crippen LogP contribution is -2.29. The molecule has 1 N–H and O–H groups in total. The molecule has 140 valence electrons. The van der Waals surface area contributed by atoms with Gasteiger partial charge in [0.2, 0.25) is 5.91 Å². The molecule has 4 rings (SSSR count). The zero-order valence-corrected chi connectivity index (χ0v) is 16.0. The number of hydrogen-bond acceptors (Lipinski definition) is 1. The predicted octanol–water partition coefficient (Wildman–Crippen LogP) is 5.70. The molecule has 3 aromatic carbocycles. The molecular weight excluding hydrogens is 342 g/mol. The number of aryl methyl sites for hydroxylation is 1. The van der Waals surface area contributed by atoms with Gasteiger partial charge in [0, 0.05) is 6.42 Å². The SMILES string of the molecule is O=C(CCC1=CCCc2ccccc21)NC(c1ccccc1)c1ccccc1. The third-order valence-corrected chi connectivity index (χ3v) is 5.36. The van der Waals surface area contributed by atoms with Crippen LogP contribution in [0.25, 0.3) is 5.57 Å². The number of fused-ring (bicyclic) bond motifs is 1. The maximum Gasteiger partial charge on any atom is 0.221 e. The molecule has 0 aliphatic heterocycles. The Hall–Kier alpha value is -3.13. The van der Waals surface area contributed by atoms with Gasteiger partial charge in [-0.25, -0.2) is 0 Å². The molecule has 0 saturated carbocycles. The van der Waals surface area contributed by atoms with Gasteiger partial charge in [-0.2, -0.15) is 0 Å². The number of carbonyl (C=O) groups is 1. The normalized spacial score (nSPS) is 13.0. The molecule has 0 heterocycles. The highest BCUT2D eigenvalue weighted by atomic mass is 16.1. The van der Waals surface area contributed by atoms with Crippen LogP contribution in [0.4, 0.5) is 0 Å².